The van der Waals surface area contributed by atoms with E-state index in [2.05, 4.69) is 5.32 Å². The van der Waals surface area contributed by atoms with Gasteiger partial charge in [-0.15, -0.1) is 0 Å². The number of hydrogen-bond donors (Lipinski definition) is 2. The highest BCUT2D eigenvalue weighted by atomic mass is 32.1. The van der Waals surface area contributed by atoms with E-state index in [-0.39, 0.29) is 11.9 Å². The number of thiophene rings is 1. The third-order valence-corrected chi connectivity index (χ3v) is 4.45. The number of hydrogen-bond acceptors (Lipinski definition) is 3. The smallest absolute Gasteiger partial charge is 0.252 e. The molecule has 2 N–H and O–H groups in total. The van der Waals surface area contributed by atoms with Gasteiger partial charge in [0.1, 0.15) is 0 Å². The van der Waals surface area contributed by atoms with Crippen molar-refractivity contribution in [2.45, 2.75) is 25.5 Å². The Kier molecular flexibility index (Phi) is 3.12. The Bertz CT molecular complexity index is 620. The number of rotatable bonds is 2. The standard InChI is InChI=1S/C15H15NO2S/c1-9-7-19-8-12(9)15(18)16-14-11-5-3-2-4-10(11)6-13(14)17/h2-5,7-8,13-14,17H,6H2,1H3,(H,16,18)/t13-,14+/m1/s1. The van der Waals surface area contributed by atoms with Crippen LogP contribution in [0.1, 0.15) is 33.1 Å². The van der Waals surface area contributed by atoms with Gasteiger partial charge < -0.3 is 10.4 Å². The van der Waals surface area contributed by atoms with Crippen LogP contribution in [0, 0.1) is 6.92 Å². The van der Waals surface area contributed by atoms with E-state index in [0.29, 0.717) is 12.0 Å². The lowest BCUT2D eigenvalue weighted by Crippen LogP contribution is -2.33. The average molecular weight is 273 g/mol. The highest BCUT2D eigenvalue weighted by Crippen LogP contribution is 2.31. The van der Waals surface area contributed by atoms with Gasteiger partial charge in [0, 0.05) is 11.8 Å². The quantitative estimate of drug-likeness (QED) is 0.883. The highest BCUT2D eigenvalue weighted by molar-refractivity contribution is 7.08. The predicted molar refractivity (Wildman–Crippen MR) is 75.4 cm³/mol. The van der Waals surface area contributed by atoms with Crippen LogP contribution < -0.4 is 5.32 Å². The molecule has 2 aromatic rings. The molecule has 1 amide bonds. The summed E-state index contributed by atoms with van der Waals surface area (Å²) in [6.07, 6.45) is 0.0595. The molecule has 0 spiro atoms. The second-order valence-corrected chi connectivity index (χ2v) is 5.63. The molecule has 2 atom stereocenters. The number of amides is 1. The lowest BCUT2D eigenvalue weighted by molar-refractivity contribution is 0.0858. The molecule has 0 aliphatic heterocycles. The number of aliphatic hydroxyl groups excluding tert-OH is 1. The van der Waals surface area contributed by atoms with Crippen molar-refractivity contribution in [3.63, 3.8) is 0 Å². The predicted octanol–water partition coefficient (Wildman–Crippen LogP) is 2.44. The Hall–Kier alpha value is -1.65. The van der Waals surface area contributed by atoms with Crippen molar-refractivity contribution in [2.24, 2.45) is 0 Å². The molecule has 1 aromatic heterocycles. The van der Waals surface area contributed by atoms with Crippen LogP contribution in [0.3, 0.4) is 0 Å². The fraction of sp³-hybridized carbons (Fsp3) is 0.267. The second-order valence-electron chi connectivity index (χ2n) is 4.89. The summed E-state index contributed by atoms with van der Waals surface area (Å²) in [5.41, 5.74) is 3.81. The molecule has 3 nitrogen and oxygen atoms in total. The van der Waals surface area contributed by atoms with Gasteiger partial charge in [-0.3, -0.25) is 4.79 Å². The molecular weight excluding hydrogens is 258 g/mol. The lowest BCUT2D eigenvalue weighted by atomic mass is 10.1. The SMILES string of the molecule is Cc1cscc1C(=O)N[C@H]1c2ccccc2C[C@H]1O. The minimum absolute atomic E-state index is 0.112. The summed E-state index contributed by atoms with van der Waals surface area (Å²) < 4.78 is 0. The third-order valence-electron chi connectivity index (χ3n) is 3.59. The van der Waals surface area contributed by atoms with Gasteiger partial charge in [-0.1, -0.05) is 24.3 Å². The molecule has 0 fully saturated rings. The molecule has 1 aromatic carbocycles. The molecule has 0 saturated carbocycles. The summed E-state index contributed by atoms with van der Waals surface area (Å²) >= 11 is 1.52. The van der Waals surface area contributed by atoms with Gasteiger partial charge in [0.2, 0.25) is 0 Å². The highest BCUT2D eigenvalue weighted by Gasteiger charge is 2.32. The summed E-state index contributed by atoms with van der Waals surface area (Å²) in [7, 11) is 0. The first-order chi connectivity index (χ1) is 9.16. The van der Waals surface area contributed by atoms with Crippen molar-refractivity contribution in [2.75, 3.05) is 0 Å². The van der Waals surface area contributed by atoms with Gasteiger partial charge in [0.25, 0.3) is 5.91 Å². The lowest BCUT2D eigenvalue weighted by Gasteiger charge is -2.17. The number of fused-ring (bicyclic) bond motifs is 1. The Balaban J connectivity index is 1.84. The largest absolute Gasteiger partial charge is 0.390 e. The first kappa shape index (κ1) is 12.4. The molecule has 1 aliphatic rings. The normalized spacial score (nSPS) is 21.2. The number of aliphatic hydroxyl groups is 1. The fourth-order valence-electron chi connectivity index (χ4n) is 2.56. The number of benzene rings is 1. The Morgan fingerprint density at radius 2 is 2.16 bits per heavy atom. The minimum Gasteiger partial charge on any atom is -0.390 e. The summed E-state index contributed by atoms with van der Waals surface area (Å²) in [5, 5.41) is 16.9. The van der Waals surface area contributed by atoms with Crippen molar-refractivity contribution in [3.8, 4) is 0 Å². The molecular formula is C15H15NO2S. The van der Waals surface area contributed by atoms with Crippen LogP contribution in [0.25, 0.3) is 0 Å². The van der Waals surface area contributed by atoms with E-state index in [1.54, 1.807) is 0 Å². The number of carbonyl (C=O) groups is 1. The van der Waals surface area contributed by atoms with E-state index < -0.39 is 6.10 Å². The van der Waals surface area contributed by atoms with Crippen LogP contribution in [-0.4, -0.2) is 17.1 Å². The van der Waals surface area contributed by atoms with Gasteiger partial charge in [-0.25, -0.2) is 0 Å². The van der Waals surface area contributed by atoms with Crippen molar-refractivity contribution >= 4 is 17.2 Å². The van der Waals surface area contributed by atoms with Crippen molar-refractivity contribution < 1.29 is 9.90 Å². The van der Waals surface area contributed by atoms with E-state index in [9.17, 15) is 9.90 Å². The van der Waals surface area contributed by atoms with Gasteiger partial charge in [-0.2, -0.15) is 11.3 Å². The molecule has 19 heavy (non-hydrogen) atoms. The first-order valence-electron chi connectivity index (χ1n) is 6.26. The molecule has 3 rings (SSSR count). The first-order valence-corrected chi connectivity index (χ1v) is 7.20. The van der Waals surface area contributed by atoms with Crippen LogP contribution in [-0.2, 0) is 6.42 Å². The molecule has 0 bridgehead atoms. The van der Waals surface area contributed by atoms with Crippen LogP contribution in [0.2, 0.25) is 0 Å². The third kappa shape index (κ3) is 2.17. The maximum absolute atomic E-state index is 12.2. The molecule has 0 unspecified atom stereocenters. The Labute approximate surface area is 115 Å². The van der Waals surface area contributed by atoms with Crippen molar-refractivity contribution in [3.05, 3.63) is 57.3 Å². The number of carbonyl (C=O) groups excluding carboxylic acids is 1. The summed E-state index contributed by atoms with van der Waals surface area (Å²) in [6, 6.07) is 7.56. The van der Waals surface area contributed by atoms with Crippen LogP contribution >= 0.6 is 11.3 Å². The molecule has 0 radical (unpaired) electrons. The van der Waals surface area contributed by atoms with E-state index in [4.69, 9.17) is 0 Å². The van der Waals surface area contributed by atoms with Crippen LogP contribution in [0.4, 0.5) is 0 Å². The molecule has 1 heterocycles. The summed E-state index contributed by atoms with van der Waals surface area (Å²) in [6.45, 7) is 1.92. The second kappa shape index (κ2) is 4.79. The van der Waals surface area contributed by atoms with Crippen molar-refractivity contribution in [1.29, 1.82) is 0 Å². The van der Waals surface area contributed by atoms with Gasteiger partial charge in [-0.05, 0) is 29.0 Å². The maximum Gasteiger partial charge on any atom is 0.252 e. The number of aryl methyl sites for hydroxylation is 1. The van der Waals surface area contributed by atoms with Crippen molar-refractivity contribution in [1.82, 2.24) is 5.32 Å². The molecule has 98 valence electrons. The Morgan fingerprint density at radius 1 is 1.37 bits per heavy atom. The molecule has 4 heteroatoms. The van der Waals surface area contributed by atoms with E-state index in [0.717, 1.165) is 16.7 Å². The summed E-state index contributed by atoms with van der Waals surface area (Å²) in [4.78, 5) is 12.2. The molecule has 1 aliphatic carbocycles. The van der Waals surface area contributed by atoms with E-state index in [1.165, 1.54) is 11.3 Å². The zero-order chi connectivity index (χ0) is 13.4. The summed E-state index contributed by atoms with van der Waals surface area (Å²) in [5.74, 6) is -0.112. The van der Waals surface area contributed by atoms with E-state index >= 15 is 0 Å². The minimum atomic E-state index is -0.541. The van der Waals surface area contributed by atoms with E-state index in [1.807, 2.05) is 41.9 Å². The number of nitrogens with one attached hydrogen (secondary N) is 1. The monoisotopic (exact) mass is 273 g/mol. The zero-order valence-electron chi connectivity index (χ0n) is 10.6. The topological polar surface area (TPSA) is 49.3 Å². The average Bonchev–Trinajstić information content (AvgIpc) is 2.94. The van der Waals surface area contributed by atoms with Gasteiger partial charge in [0.05, 0.1) is 17.7 Å². The zero-order valence-corrected chi connectivity index (χ0v) is 11.4. The van der Waals surface area contributed by atoms with Crippen LogP contribution in [0.5, 0.6) is 0 Å². The van der Waals surface area contributed by atoms with Crippen LogP contribution in [0.15, 0.2) is 35.0 Å². The Morgan fingerprint density at radius 3 is 2.89 bits per heavy atom. The van der Waals surface area contributed by atoms with Gasteiger partial charge >= 0.3 is 0 Å². The molecule has 0 saturated heterocycles. The maximum atomic E-state index is 12.2. The van der Waals surface area contributed by atoms with Gasteiger partial charge in [0.15, 0.2) is 0 Å². The fourth-order valence-corrected chi connectivity index (χ4v) is 3.39.